The van der Waals surface area contributed by atoms with Crippen LogP contribution in [0.3, 0.4) is 0 Å². The number of hydrogen-bond acceptors (Lipinski definition) is 12. The van der Waals surface area contributed by atoms with Crippen LogP contribution in [0, 0.1) is 0 Å². The van der Waals surface area contributed by atoms with E-state index >= 15 is 0 Å². The van der Waals surface area contributed by atoms with Crippen LogP contribution in [0.1, 0.15) is 11.4 Å². The number of thioether (sulfide) groups is 1. The van der Waals surface area contributed by atoms with Gasteiger partial charge in [0.25, 0.3) is 17.5 Å². The molecule has 38 heavy (non-hydrogen) atoms. The minimum Gasteiger partial charge on any atom is -0.543 e. The van der Waals surface area contributed by atoms with Gasteiger partial charge in [-0.2, -0.15) is 4.40 Å². The van der Waals surface area contributed by atoms with Gasteiger partial charge in [0.1, 0.15) is 43.2 Å². The molecular weight excluding hydrogens is 536 g/mol. The zero-order chi connectivity index (χ0) is 27.0. The number of pyridine rings is 1. The summed E-state index contributed by atoms with van der Waals surface area (Å²) in [7, 11) is 1.26. The molecule has 196 valence electrons. The quantitative estimate of drug-likeness (QED) is 0.0977. The van der Waals surface area contributed by atoms with Gasteiger partial charge >= 0.3 is 0 Å². The number of anilines is 1. The Morgan fingerprint density at radius 3 is 2.95 bits per heavy atom. The number of hydrogen-bond donors (Lipinski definition) is 3. The Morgan fingerprint density at radius 2 is 2.26 bits per heavy atom. The average molecular weight is 557 g/mol. The third-order valence-corrected chi connectivity index (χ3v) is 7.95. The van der Waals surface area contributed by atoms with Gasteiger partial charge in [-0.15, -0.1) is 23.1 Å². The molecule has 16 heteroatoms. The first kappa shape index (κ1) is 25.2. The normalized spacial score (nSPS) is 19.6. The van der Waals surface area contributed by atoms with E-state index in [-0.39, 0.29) is 34.5 Å². The molecule has 3 aromatic rings. The van der Waals surface area contributed by atoms with Crippen LogP contribution in [0.5, 0.6) is 0 Å². The number of carbonyl (C=O) groups is 3. The van der Waals surface area contributed by atoms with Crippen molar-refractivity contribution in [2.75, 3.05) is 18.6 Å². The van der Waals surface area contributed by atoms with Gasteiger partial charge < -0.3 is 31.0 Å². The van der Waals surface area contributed by atoms with Gasteiger partial charge in [0.2, 0.25) is 0 Å². The van der Waals surface area contributed by atoms with Gasteiger partial charge in [-0.3, -0.25) is 14.5 Å². The standard InChI is InChI=1S/C22H20N8O6S2/c1-36-27-15(13-10-38-22(23)25-13)18(31)26-16-19(32)30-17(21(33)34)11(9-37-20(16)30)7-28-8-12(6-24-35)29-5-3-2-4-14(28)29/h2-6,8,10,16,20H,7,9H2,1H3,(H4-,23,25,26,31,33,34,35)/b24-6+,27-15-/t16-,20-/m1/s1. The van der Waals surface area contributed by atoms with Gasteiger partial charge in [-0.05, 0) is 6.07 Å². The fourth-order valence-corrected chi connectivity index (χ4v) is 6.24. The molecule has 2 aliphatic heterocycles. The monoisotopic (exact) mass is 556 g/mol. The fourth-order valence-electron chi connectivity index (χ4n) is 4.36. The number of β-lactam (4-membered cyclic amide) rings is 1. The average Bonchev–Trinajstić information content (AvgIpc) is 3.49. The Hall–Kier alpha value is -4.44. The summed E-state index contributed by atoms with van der Waals surface area (Å²) in [6.45, 7) is 0.145. The number of carboxylic acids is 1. The highest BCUT2D eigenvalue weighted by atomic mass is 32.2. The number of aromatic nitrogens is 3. The number of carboxylic acid groups (broad SMARTS) is 1. The Labute approximate surface area is 222 Å². The number of oxime groups is 2. The van der Waals surface area contributed by atoms with Crippen molar-refractivity contribution < 1.29 is 33.9 Å². The van der Waals surface area contributed by atoms with Crippen molar-refractivity contribution in [2.45, 2.75) is 18.0 Å². The molecule has 14 nitrogen and oxygen atoms in total. The zero-order valence-corrected chi connectivity index (χ0v) is 21.3. The number of fused-ring (bicyclic) bond motifs is 2. The maximum Gasteiger partial charge on any atom is 0.286 e. The van der Waals surface area contributed by atoms with Gasteiger partial charge in [0, 0.05) is 22.8 Å². The van der Waals surface area contributed by atoms with E-state index < -0.39 is 29.2 Å². The first-order chi connectivity index (χ1) is 18.3. The van der Waals surface area contributed by atoms with Crippen LogP contribution < -0.4 is 20.6 Å². The number of nitrogens with one attached hydrogen (secondary N) is 1. The molecule has 0 aromatic carbocycles. The first-order valence-electron chi connectivity index (χ1n) is 11.0. The Balaban J connectivity index is 1.40. The van der Waals surface area contributed by atoms with Gasteiger partial charge in [-0.1, -0.05) is 16.4 Å². The molecule has 2 amide bonds. The van der Waals surface area contributed by atoms with Crippen LogP contribution in [0.15, 0.2) is 57.6 Å². The predicted octanol–water partition coefficient (Wildman–Crippen LogP) is -1.47. The maximum absolute atomic E-state index is 13.1. The number of imidazole rings is 1. The van der Waals surface area contributed by atoms with E-state index in [1.54, 1.807) is 27.4 Å². The summed E-state index contributed by atoms with van der Waals surface area (Å²) in [5.41, 5.74) is 7.18. The molecule has 2 aliphatic rings. The van der Waals surface area contributed by atoms with Crippen LogP contribution >= 0.6 is 23.1 Å². The molecule has 0 saturated carbocycles. The molecule has 5 heterocycles. The first-order valence-corrected chi connectivity index (χ1v) is 12.9. The molecule has 0 aliphatic carbocycles. The fraction of sp³-hybridized carbons (Fsp3) is 0.227. The third-order valence-electron chi connectivity index (χ3n) is 5.94. The van der Waals surface area contributed by atoms with E-state index in [0.29, 0.717) is 16.9 Å². The largest absolute Gasteiger partial charge is 0.543 e. The molecule has 1 fully saturated rings. The van der Waals surface area contributed by atoms with Crippen molar-refractivity contribution in [2.24, 2.45) is 10.3 Å². The summed E-state index contributed by atoms with van der Waals surface area (Å²) in [5.74, 6) is -2.54. The van der Waals surface area contributed by atoms with Crippen molar-refractivity contribution >= 4 is 63.6 Å². The second-order valence-electron chi connectivity index (χ2n) is 8.15. The van der Waals surface area contributed by atoms with E-state index in [1.165, 1.54) is 30.5 Å². The van der Waals surface area contributed by atoms with Crippen LogP contribution in [-0.4, -0.2) is 73.6 Å². The van der Waals surface area contributed by atoms with Gasteiger partial charge in [0.15, 0.2) is 16.5 Å². The van der Waals surface area contributed by atoms with E-state index in [2.05, 4.69) is 20.6 Å². The molecule has 2 atom stereocenters. The van der Waals surface area contributed by atoms with Crippen LogP contribution in [0.2, 0.25) is 0 Å². The van der Waals surface area contributed by atoms with Crippen molar-refractivity contribution in [3.63, 3.8) is 0 Å². The lowest BCUT2D eigenvalue weighted by Gasteiger charge is -2.50. The summed E-state index contributed by atoms with van der Waals surface area (Å²) >= 11 is 2.43. The summed E-state index contributed by atoms with van der Waals surface area (Å²) in [4.78, 5) is 48.1. The van der Waals surface area contributed by atoms with Crippen molar-refractivity contribution in [3.05, 3.63) is 58.6 Å². The highest BCUT2D eigenvalue weighted by molar-refractivity contribution is 8.00. The summed E-state index contributed by atoms with van der Waals surface area (Å²) < 4.78 is 3.56. The number of nitrogen functional groups attached to an aromatic ring is 1. The molecule has 0 radical (unpaired) electrons. The number of aliphatic carboxylic acids is 1. The smallest absolute Gasteiger partial charge is 0.286 e. The van der Waals surface area contributed by atoms with Gasteiger partial charge in [-0.25, -0.2) is 9.55 Å². The molecule has 1 saturated heterocycles. The molecule has 0 unspecified atom stereocenters. The van der Waals surface area contributed by atoms with E-state index in [9.17, 15) is 19.5 Å². The number of amides is 2. The van der Waals surface area contributed by atoms with Gasteiger partial charge in [0.05, 0.1) is 17.9 Å². The lowest BCUT2D eigenvalue weighted by molar-refractivity contribution is -0.511. The van der Waals surface area contributed by atoms with E-state index in [0.717, 1.165) is 16.2 Å². The Kier molecular flexibility index (Phi) is 6.73. The second kappa shape index (κ2) is 10.1. The van der Waals surface area contributed by atoms with Crippen molar-refractivity contribution in [1.82, 2.24) is 19.8 Å². The topological polar surface area (TPSA) is 192 Å². The summed E-state index contributed by atoms with van der Waals surface area (Å²) in [5, 5.41) is 31.7. The van der Waals surface area contributed by atoms with E-state index in [4.69, 9.17) is 15.8 Å². The maximum atomic E-state index is 13.1. The zero-order valence-electron chi connectivity index (χ0n) is 19.7. The SMILES string of the molecule is CO/N=C(\C(=O)N[C@@H]1C(=O)N2C(C(=O)[O-])=C(Cn3cc(/C=N/O)[n+]4ccccc34)CS[C@H]12)c1csc(N)n1. The number of nitrogens with two attached hydrogens (primary N) is 1. The predicted molar refractivity (Wildman–Crippen MR) is 134 cm³/mol. The van der Waals surface area contributed by atoms with Crippen LogP contribution in [0.4, 0.5) is 5.13 Å². The number of thiazole rings is 1. The Bertz CT molecular complexity index is 1540. The number of nitrogens with zero attached hydrogens (tertiary/aromatic N) is 6. The number of rotatable bonds is 8. The molecule has 0 bridgehead atoms. The van der Waals surface area contributed by atoms with Crippen molar-refractivity contribution in [1.29, 1.82) is 0 Å². The molecule has 5 rings (SSSR count). The highest BCUT2D eigenvalue weighted by Crippen LogP contribution is 2.40. The molecule has 4 N–H and O–H groups in total. The third kappa shape index (κ3) is 4.32. The molecule has 3 aromatic heterocycles. The minimum absolute atomic E-state index is 0.145. The van der Waals surface area contributed by atoms with Crippen molar-refractivity contribution in [3.8, 4) is 0 Å². The lowest BCUT2D eigenvalue weighted by Crippen LogP contribution is -2.71. The molecule has 0 spiro atoms. The summed E-state index contributed by atoms with van der Waals surface area (Å²) in [6.07, 6.45) is 4.74. The number of carbonyl (C=O) groups excluding carboxylic acids is 3. The van der Waals surface area contributed by atoms with E-state index in [1.807, 2.05) is 12.1 Å². The minimum atomic E-state index is -1.50. The summed E-state index contributed by atoms with van der Waals surface area (Å²) in [6, 6.07) is 4.45. The highest BCUT2D eigenvalue weighted by Gasteiger charge is 2.53. The lowest BCUT2D eigenvalue weighted by atomic mass is 10.0. The molecular formula is C22H20N8O6S2. The Morgan fingerprint density at radius 1 is 1.45 bits per heavy atom. The second-order valence-corrected chi connectivity index (χ2v) is 10.1. The van der Waals surface area contributed by atoms with Crippen LogP contribution in [-0.2, 0) is 25.8 Å². The van der Waals surface area contributed by atoms with Crippen LogP contribution in [0.25, 0.3) is 5.65 Å².